The zero-order valence-corrected chi connectivity index (χ0v) is 12.5. The first kappa shape index (κ1) is 14.5. The Labute approximate surface area is 118 Å². The van der Waals surface area contributed by atoms with Crippen LogP contribution in [0, 0.1) is 0 Å². The second-order valence-corrected chi connectivity index (χ2v) is 5.79. The van der Waals surface area contributed by atoms with Gasteiger partial charge in [0.15, 0.2) is 0 Å². The van der Waals surface area contributed by atoms with Crippen LogP contribution in [0.5, 0.6) is 0 Å². The Morgan fingerprint density at radius 3 is 2.95 bits per heavy atom. The van der Waals surface area contributed by atoms with Gasteiger partial charge in [0.1, 0.15) is 6.04 Å². The van der Waals surface area contributed by atoms with E-state index < -0.39 is 0 Å². The van der Waals surface area contributed by atoms with Gasteiger partial charge in [-0.25, -0.2) is 0 Å². The second kappa shape index (κ2) is 6.50. The zero-order chi connectivity index (χ0) is 13.8. The third-order valence-corrected chi connectivity index (χ3v) is 4.52. The standard InChI is InChI=1S/C14H21NO3S/c1-10(6-11-4-5-19-9-11)15-8-12(17-2)7-13(15)14(16)18-3/h4-5,9-10,12-13H,6-8H2,1-3H3. The third kappa shape index (κ3) is 3.35. The lowest BCUT2D eigenvalue weighted by Crippen LogP contribution is -2.43. The molecule has 0 aliphatic carbocycles. The number of methoxy groups -OCH3 is 2. The van der Waals surface area contributed by atoms with Crippen molar-refractivity contribution in [3.8, 4) is 0 Å². The van der Waals surface area contributed by atoms with E-state index in [4.69, 9.17) is 9.47 Å². The van der Waals surface area contributed by atoms with Crippen molar-refractivity contribution in [3.05, 3.63) is 22.4 Å². The molecule has 1 aliphatic heterocycles. The molecule has 2 heterocycles. The number of rotatable bonds is 5. The molecular formula is C14H21NO3S. The Kier molecular flexibility index (Phi) is 4.96. The summed E-state index contributed by atoms with van der Waals surface area (Å²) in [6.45, 7) is 2.95. The van der Waals surface area contributed by atoms with Gasteiger partial charge in [0.25, 0.3) is 0 Å². The summed E-state index contributed by atoms with van der Waals surface area (Å²) in [4.78, 5) is 14.1. The molecule has 0 spiro atoms. The van der Waals surface area contributed by atoms with E-state index >= 15 is 0 Å². The topological polar surface area (TPSA) is 38.8 Å². The lowest BCUT2D eigenvalue weighted by molar-refractivity contribution is -0.146. The van der Waals surface area contributed by atoms with Crippen LogP contribution in [0.1, 0.15) is 18.9 Å². The maximum Gasteiger partial charge on any atom is 0.323 e. The number of carbonyl (C=O) groups excluding carboxylic acids is 1. The van der Waals surface area contributed by atoms with Crippen molar-refractivity contribution >= 4 is 17.3 Å². The molecule has 2 rings (SSSR count). The van der Waals surface area contributed by atoms with Crippen molar-refractivity contribution in [1.29, 1.82) is 0 Å². The van der Waals surface area contributed by atoms with Gasteiger partial charge in [0, 0.05) is 26.1 Å². The number of thiophene rings is 1. The van der Waals surface area contributed by atoms with Crippen LogP contribution in [0.15, 0.2) is 16.8 Å². The number of hydrogen-bond donors (Lipinski definition) is 0. The van der Waals surface area contributed by atoms with Gasteiger partial charge in [-0.1, -0.05) is 0 Å². The van der Waals surface area contributed by atoms with Gasteiger partial charge in [0.2, 0.25) is 0 Å². The fourth-order valence-electron chi connectivity index (χ4n) is 2.71. The van der Waals surface area contributed by atoms with Crippen LogP contribution in [0.4, 0.5) is 0 Å². The molecule has 1 aromatic heterocycles. The molecule has 1 aliphatic rings. The Morgan fingerprint density at radius 2 is 2.37 bits per heavy atom. The van der Waals surface area contributed by atoms with Gasteiger partial charge >= 0.3 is 5.97 Å². The molecule has 0 aromatic carbocycles. The minimum atomic E-state index is -0.177. The van der Waals surface area contributed by atoms with Gasteiger partial charge in [-0.2, -0.15) is 11.3 Å². The summed E-state index contributed by atoms with van der Waals surface area (Å²) in [7, 11) is 3.15. The molecule has 19 heavy (non-hydrogen) atoms. The first-order chi connectivity index (χ1) is 9.15. The SMILES string of the molecule is COC(=O)C1CC(OC)CN1C(C)Cc1ccsc1. The van der Waals surface area contributed by atoms with Gasteiger partial charge in [-0.3, -0.25) is 9.69 Å². The van der Waals surface area contributed by atoms with Crippen LogP contribution in [0.3, 0.4) is 0 Å². The lowest BCUT2D eigenvalue weighted by Gasteiger charge is -2.28. The molecule has 3 unspecified atom stereocenters. The number of hydrogen-bond acceptors (Lipinski definition) is 5. The Balaban J connectivity index is 2.04. The third-order valence-electron chi connectivity index (χ3n) is 3.78. The number of nitrogens with zero attached hydrogens (tertiary/aromatic N) is 1. The highest BCUT2D eigenvalue weighted by atomic mass is 32.1. The molecule has 0 bridgehead atoms. The lowest BCUT2D eigenvalue weighted by atomic mass is 10.1. The summed E-state index contributed by atoms with van der Waals surface area (Å²) in [5, 5.41) is 4.25. The van der Waals surface area contributed by atoms with E-state index in [0.29, 0.717) is 6.04 Å². The van der Waals surface area contributed by atoms with Crippen LogP contribution < -0.4 is 0 Å². The number of ether oxygens (including phenoxy) is 2. The predicted molar refractivity (Wildman–Crippen MR) is 75.4 cm³/mol. The average molecular weight is 283 g/mol. The maximum atomic E-state index is 11.9. The molecule has 0 radical (unpaired) electrons. The summed E-state index contributed by atoms with van der Waals surface area (Å²) in [6.07, 6.45) is 1.79. The molecule has 0 saturated carbocycles. The van der Waals surface area contributed by atoms with E-state index in [0.717, 1.165) is 19.4 Å². The van der Waals surface area contributed by atoms with E-state index in [1.807, 2.05) is 0 Å². The van der Waals surface area contributed by atoms with Crippen molar-refractivity contribution in [1.82, 2.24) is 4.90 Å². The minimum absolute atomic E-state index is 0.119. The summed E-state index contributed by atoms with van der Waals surface area (Å²) in [5.41, 5.74) is 1.32. The van der Waals surface area contributed by atoms with Crippen LogP contribution in [0.2, 0.25) is 0 Å². The van der Waals surface area contributed by atoms with E-state index in [-0.39, 0.29) is 18.1 Å². The van der Waals surface area contributed by atoms with Crippen molar-refractivity contribution in [2.45, 2.75) is 38.0 Å². The Hall–Kier alpha value is -0.910. The molecule has 1 fully saturated rings. The van der Waals surface area contributed by atoms with Crippen LogP contribution in [-0.2, 0) is 20.7 Å². The van der Waals surface area contributed by atoms with E-state index in [1.165, 1.54) is 12.7 Å². The van der Waals surface area contributed by atoms with Crippen molar-refractivity contribution in [2.24, 2.45) is 0 Å². The largest absolute Gasteiger partial charge is 0.468 e. The summed E-state index contributed by atoms with van der Waals surface area (Å²) < 4.78 is 10.3. The first-order valence-electron chi connectivity index (χ1n) is 6.53. The first-order valence-corrected chi connectivity index (χ1v) is 7.47. The van der Waals surface area contributed by atoms with Crippen LogP contribution in [-0.4, -0.2) is 49.8 Å². The predicted octanol–water partition coefficient (Wildman–Crippen LogP) is 1.94. The second-order valence-electron chi connectivity index (χ2n) is 5.01. The average Bonchev–Trinajstić information content (AvgIpc) is 3.06. The normalized spacial score (nSPS) is 25.4. The fraction of sp³-hybridized carbons (Fsp3) is 0.643. The molecule has 106 valence electrons. The van der Waals surface area contributed by atoms with Crippen LogP contribution in [0.25, 0.3) is 0 Å². The van der Waals surface area contributed by atoms with Crippen molar-refractivity contribution < 1.29 is 14.3 Å². The highest BCUT2D eigenvalue weighted by Crippen LogP contribution is 2.25. The molecule has 5 heteroatoms. The van der Waals surface area contributed by atoms with Crippen LogP contribution >= 0.6 is 11.3 Å². The van der Waals surface area contributed by atoms with E-state index in [1.54, 1.807) is 18.4 Å². The van der Waals surface area contributed by atoms with Gasteiger partial charge in [0.05, 0.1) is 13.2 Å². The minimum Gasteiger partial charge on any atom is -0.468 e. The van der Waals surface area contributed by atoms with Crippen molar-refractivity contribution in [3.63, 3.8) is 0 Å². The van der Waals surface area contributed by atoms with Gasteiger partial charge in [-0.15, -0.1) is 0 Å². The number of carbonyl (C=O) groups is 1. The molecule has 1 saturated heterocycles. The van der Waals surface area contributed by atoms with E-state index in [2.05, 4.69) is 28.7 Å². The number of likely N-dealkylation sites (tertiary alicyclic amines) is 1. The Morgan fingerprint density at radius 1 is 1.58 bits per heavy atom. The highest BCUT2D eigenvalue weighted by Gasteiger charge is 2.39. The van der Waals surface area contributed by atoms with Gasteiger partial charge in [-0.05, 0) is 35.7 Å². The van der Waals surface area contributed by atoms with Gasteiger partial charge < -0.3 is 9.47 Å². The summed E-state index contributed by atoms with van der Waals surface area (Å²) >= 11 is 1.71. The molecule has 0 N–H and O–H groups in total. The number of esters is 1. The zero-order valence-electron chi connectivity index (χ0n) is 11.7. The quantitative estimate of drug-likeness (QED) is 0.774. The molecule has 0 amide bonds. The molecule has 4 nitrogen and oxygen atoms in total. The summed E-state index contributed by atoms with van der Waals surface area (Å²) in [6, 6.07) is 2.26. The fourth-order valence-corrected chi connectivity index (χ4v) is 3.40. The smallest absolute Gasteiger partial charge is 0.323 e. The summed E-state index contributed by atoms with van der Waals surface area (Å²) in [5.74, 6) is -0.156. The monoisotopic (exact) mass is 283 g/mol. The Bertz CT molecular complexity index is 407. The molecule has 3 atom stereocenters. The highest BCUT2D eigenvalue weighted by molar-refractivity contribution is 7.07. The molecular weight excluding hydrogens is 262 g/mol. The maximum absolute atomic E-state index is 11.9. The molecule has 1 aromatic rings. The van der Waals surface area contributed by atoms with Crippen molar-refractivity contribution in [2.75, 3.05) is 20.8 Å². The van der Waals surface area contributed by atoms with E-state index in [9.17, 15) is 4.79 Å².